The van der Waals surface area contributed by atoms with Gasteiger partial charge in [-0.05, 0) is 30.5 Å². The Morgan fingerprint density at radius 3 is 2.54 bits per heavy atom. The van der Waals surface area contributed by atoms with Gasteiger partial charge in [-0.3, -0.25) is 0 Å². The maximum absolute atomic E-state index is 12.5. The zero-order chi connectivity index (χ0) is 9.68. The number of carbonyl (C=O) groups is 1. The highest BCUT2D eigenvalue weighted by Crippen LogP contribution is 2.08. The second-order valence-electron chi connectivity index (χ2n) is 2.82. The van der Waals surface area contributed by atoms with Crippen molar-refractivity contribution < 1.29 is 9.18 Å². The summed E-state index contributed by atoms with van der Waals surface area (Å²) in [6, 6.07) is 6.20. The van der Waals surface area contributed by atoms with E-state index in [1.54, 1.807) is 12.1 Å². The van der Waals surface area contributed by atoms with Crippen LogP contribution in [0.2, 0.25) is 0 Å². The van der Waals surface area contributed by atoms with Gasteiger partial charge in [0.05, 0.1) is 5.38 Å². The van der Waals surface area contributed by atoms with E-state index in [0.717, 1.165) is 5.56 Å². The Hall–Kier alpha value is -0.890. The van der Waals surface area contributed by atoms with Gasteiger partial charge in [0.25, 0.3) is 0 Å². The van der Waals surface area contributed by atoms with Crippen LogP contribution in [0, 0.1) is 5.82 Å². The molecular weight excluding hydrogens is 191 g/mol. The Morgan fingerprint density at radius 1 is 1.38 bits per heavy atom. The molecule has 0 fully saturated rings. The molecule has 0 saturated heterocycles. The van der Waals surface area contributed by atoms with E-state index in [4.69, 9.17) is 11.6 Å². The molecule has 1 rings (SSSR count). The average Bonchev–Trinajstić information content (AvgIpc) is 2.16. The number of hydrogen-bond donors (Lipinski definition) is 0. The minimum absolute atomic E-state index is 0.249. The van der Waals surface area contributed by atoms with Crippen molar-refractivity contribution in [1.82, 2.24) is 0 Å². The lowest BCUT2D eigenvalue weighted by Crippen LogP contribution is -2.01. The molecule has 1 atom stereocenters. The fraction of sp³-hybridized carbons (Fsp3) is 0.300. The molecule has 0 heterocycles. The highest BCUT2D eigenvalue weighted by atomic mass is 35.5. The number of hydrogen-bond acceptors (Lipinski definition) is 1. The van der Waals surface area contributed by atoms with E-state index >= 15 is 0 Å². The Morgan fingerprint density at radius 2 is 2.00 bits per heavy atom. The average molecular weight is 201 g/mol. The smallest absolute Gasteiger partial charge is 0.137 e. The molecule has 1 aromatic rings. The molecule has 70 valence electrons. The normalized spacial score (nSPS) is 12.5. The molecule has 13 heavy (non-hydrogen) atoms. The zero-order valence-electron chi connectivity index (χ0n) is 7.04. The molecule has 0 amide bonds. The van der Waals surface area contributed by atoms with Gasteiger partial charge < -0.3 is 4.79 Å². The molecule has 0 radical (unpaired) electrons. The summed E-state index contributed by atoms with van der Waals surface area (Å²) in [6.45, 7) is 0. The zero-order valence-corrected chi connectivity index (χ0v) is 7.80. The van der Waals surface area contributed by atoms with Crippen molar-refractivity contribution in [2.24, 2.45) is 0 Å². The van der Waals surface area contributed by atoms with Crippen molar-refractivity contribution in [2.75, 3.05) is 0 Å². The summed E-state index contributed by atoms with van der Waals surface area (Å²) in [4.78, 5) is 10.2. The fourth-order valence-electron chi connectivity index (χ4n) is 1.02. The van der Waals surface area contributed by atoms with Crippen LogP contribution in [0.3, 0.4) is 0 Å². The molecule has 0 saturated carbocycles. The van der Waals surface area contributed by atoms with Gasteiger partial charge in [-0.15, -0.1) is 11.6 Å². The molecule has 0 aliphatic carbocycles. The largest absolute Gasteiger partial charge is 0.302 e. The summed E-state index contributed by atoms with van der Waals surface area (Å²) in [6.07, 6.45) is 2.01. The SMILES string of the molecule is O=CC(Cl)CCc1ccc(F)cc1. The summed E-state index contributed by atoms with van der Waals surface area (Å²) >= 11 is 5.60. The van der Waals surface area contributed by atoms with E-state index in [1.165, 1.54) is 12.1 Å². The number of benzene rings is 1. The summed E-state index contributed by atoms with van der Waals surface area (Å²) in [5.74, 6) is -0.249. The van der Waals surface area contributed by atoms with E-state index < -0.39 is 5.38 Å². The Balaban J connectivity index is 2.45. The number of alkyl halides is 1. The molecule has 0 aliphatic rings. The van der Waals surface area contributed by atoms with Crippen LogP contribution in [0.5, 0.6) is 0 Å². The Kier molecular flexibility index (Phi) is 3.90. The highest BCUT2D eigenvalue weighted by Gasteiger charge is 2.02. The third-order valence-corrected chi connectivity index (χ3v) is 2.09. The van der Waals surface area contributed by atoms with Crippen molar-refractivity contribution >= 4 is 17.9 Å². The van der Waals surface area contributed by atoms with E-state index in [-0.39, 0.29) is 5.82 Å². The van der Waals surface area contributed by atoms with Gasteiger partial charge in [-0.2, -0.15) is 0 Å². The summed E-state index contributed by atoms with van der Waals surface area (Å²) in [5, 5.41) is -0.440. The minimum Gasteiger partial charge on any atom is -0.302 e. The first-order valence-corrected chi connectivity index (χ1v) is 4.50. The fourth-order valence-corrected chi connectivity index (χ4v) is 1.13. The summed E-state index contributed by atoms with van der Waals surface area (Å²) in [7, 11) is 0. The van der Waals surface area contributed by atoms with Gasteiger partial charge in [-0.1, -0.05) is 12.1 Å². The predicted molar refractivity (Wildman–Crippen MR) is 50.4 cm³/mol. The second kappa shape index (κ2) is 4.97. The van der Waals surface area contributed by atoms with Crippen LogP contribution in [0.1, 0.15) is 12.0 Å². The van der Waals surface area contributed by atoms with Crippen LogP contribution in [0.25, 0.3) is 0 Å². The van der Waals surface area contributed by atoms with Crippen LogP contribution in [0.4, 0.5) is 4.39 Å². The lowest BCUT2D eigenvalue weighted by Gasteiger charge is -2.01. The predicted octanol–water partition coefficient (Wildman–Crippen LogP) is 2.56. The topological polar surface area (TPSA) is 17.1 Å². The van der Waals surface area contributed by atoms with Crippen LogP contribution in [-0.2, 0) is 11.2 Å². The number of carbonyl (C=O) groups excluding carboxylic acids is 1. The first kappa shape index (κ1) is 10.2. The molecule has 0 bridgehead atoms. The van der Waals surface area contributed by atoms with E-state index in [1.807, 2.05) is 0 Å². The quantitative estimate of drug-likeness (QED) is 0.539. The lowest BCUT2D eigenvalue weighted by molar-refractivity contribution is -0.107. The second-order valence-corrected chi connectivity index (χ2v) is 3.38. The molecule has 0 N–H and O–H groups in total. The van der Waals surface area contributed by atoms with E-state index in [2.05, 4.69) is 0 Å². The van der Waals surface area contributed by atoms with Gasteiger partial charge in [0.2, 0.25) is 0 Å². The first-order chi connectivity index (χ1) is 6.22. The van der Waals surface area contributed by atoms with Crippen molar-refractivity contribution in [3.8, 4) is 0 Å². The monoisotopic (exact) mass is 200 g/mol. The van der Waals surface area contributed by atoms with E-state index in [9.17, 15) is 9.18 Å². The maximum Gasteiger partial charge on any atom is 0.137 e. The summed E-state index contributed by atoms with van der Waals surface area (Å²) < 4.78 is 12.5. The van der Waals surface area contributed by atoms with Crippen LogP contribution in [0.15, 0.2) is 24.3 Å². The van der Waals surface area contributed by atoms with Gasteiger partial charge in [0.15, 0.2) is 0 Å². The van der Waals surface area contributed by atoms with Crippen LogP contribution in [-0.4, -0.2) is 11.7 Å². The maximum atomic E-state index is 12.5. The highest BCUT2D eigenvalue weighted by molar-refractivity contribution is 6.27. The molecule has 3 heteroatoms. The van der Waals surface area contributed by atoms with Gasteiger partial charge >= 0.3 is 0 Å². The summed E-state index contributed by atoms with van der Waals surface area (Å²) in [5.41, 5.74) is 0.994. The molecular formula is C10H10ClFO. The number of halogens is 2. The van der Waals surface area contributed by atoms with Gasteiger partial charge in [-0.25, -0.2) is 4.39 Å². The van der Waals surface area contributed by atoms with Gasteiger partial charge in [0.1, 0.15) is 12.1 Å². The van der Waals surface area contributed by atoms with Crippen molar-refractivity contribution in [2.45, 2.75) is 18.2 Å². The number of rotatable bonds is 4. The number of aryl methyl sites for hydroxylation is 1. The number of aldehydes is 1. The van der Waals surface area contributed by atoms with Crippen LogP contribution >= 0.6 is 11.6 Å². The molecule has 1 nitrogen and oxygen atoms in total. The third kappa shape index (κ3) is 3.55. The Labute approximate surface area is 81.5 Å². The molecule has 0 aromatic heterocycles. The van der Waals surface area contributed by atoms with Crippen molar-refractivity contribution in [3.05, 3.63) is 35.6 Å². The standard InChI is InChI=1S/C10H10ClFO/c11-9(7-13)4-1-8-2-5-10(12)6-3-8/h2-3,5-7,9H,1,4H2. The van der Waals surface area contributed by atoms with Crippen molar-refractivity contribution in [3.63, 3.8) is 0 Å². The van der Waals surface area contributed by atoms with E-state index in [0.29, 0.717) is 19.1 Å². The molecule has 1 unspecified atom stereocenters. The van der Waals surface area contributed by atoms with Gasteiger partial charge in [0, 0.05) is 0 Å². The molecule has 0 aliphatic heterocycles. The minimum atomic E-state index is -0.440. The lowest BCUT2D eigenvalue weighted by atomic mass is 10.1. The van der Waals surface area contributed by atoms with Crippen molar-refractivity contribution in [1.29, 1.82) is 0 Å². The molecule has 0 spiro atoms. The molecule has 1 aromatic carbocycles. The Bertz CT molecular complexity index is 271. The first-order valence-electron chi connectivity index (χ1n) is 4.06. The van der Waals surface area contributed by atoms with Crippen LogP contribution < -0.4 is 0 Å². The third-order valence-electron chi connectivity index (χ3n) is 1.77.